The Bertz CT molecular complexity index is 578. The molecule has 1 unspecified atom stereocenters. The lowest BCUT2D eigenvalue weighted by Crippen LogP contribution is -2.42. The van der Waals surface area contributed by atoms with Crippen LogP contribution in [0.15, 0.2) is 29.0 Å². The van der Waals surface area contributed by atoms with Gasteiger partial charge in [0.05, 0.1) is 5.56 Å². The largest absolute Gasteiger partial charge is 0.446 e. The molecule has 0 fully saturated rings. The molecular weight excluding hydrogens is 224 g/mol. The molecule has 0 aliphatic carbocycles. The van der Waals surface area contributed by atoms with Gasteiger partial charge < -0.3 is 9.15 Å². The molecule has 2 aromatic rings. The van der Waals surface area contributed by atoms with Crippen LogP contribution in [0.4, 0.5) is 0 Å². The molecule has 2 aromatic heterocycles. The third kappa shape index (κ3) is 1.90. The molecule has 0 aliphatic heterocycles. The number of aldehydes is 1. The van der Waals surface area contributed by atoms with E-state index in [9.17, 15) is 9.59 Å². The minimum absolute atomic E-state index is 0.269. The minimum atomic E-state index is -1.85. The van der Waals surface area contributed by atoms with Crippen molar-refractivity contribution in [1.29, 1.82) is 0 Å². The number of pyridine rings is 1. The lowest BCUT2D eigenvalue weighted by molar-refractivity contribution is -0.161. The van der Waals surface area contributed by atoms with E-state index in [0.29, 0.717) is 17.4 Å². The molecule has 0 bridgehead atoms. The van der Waals surface area contributed by atoms with Crippen molar-refractivity contribution in [2.45, 2.75) is 12.6 Å². The summed E-state index contributed by atoms with van der Waals surface area (Å²) in [5, 5.41) is 0.531. The molecule has 1 atom stereocenters. The van der Waals surface area contributed by atoms with Crippen LogP contribution in [0.5, 0.6) is 0 Å². The Kier molecular flexibility index (Phi) is 2.64. The van der Waals surface area contributed by atoms with Gasteiger partial charge in [-0.05, 0) is 12.1 Å². The van der Waals surface area contributed by atoms with Crippen LogP contribution in [0.3, 0.4) is 0 Å². The Hall–Kier alpha value is -2.21. The van der Waals surface area contributed by atoms with E-state index in [1.165, 1.54) is 13.2 Å². The molecule has 88 valence electrons. The molecule has 6 nitrogen and oxygen atoms in total. The number of carbonyl (C=O) groups excluding carboxylic acids is 2. The summed E-state index contributed by atoms with van der Waals surface area (Å²) < 4.78 is 9.96. The van der Waals surface area contributed by atoms with Gasteiger partial charge in [0.2, 0.25) is 11.4 Å². The van der Waals surface area contributed by atoms with Crippen LogP contribution in [0.1, 0.15) is 12.5 Å². The van der Waals surface area contributed by atoms with Crippen LogP contribution in [0.25, 0.3) is 11.1 Å². The average Bonchev–Trinajstić information content (AvgIpc) is 2.72. The van der Waals surface area contributed by atoms with E-state index in [1.807, 2.05) is 0 Å². The maximum Gasteiger partial charge on any atom is 0.305 e. The highest BCUT2D eigenvalue weighted by Gasteiger charge is 2.34. The van der Waals surface area contributed by atoms with Gasteiger partial charge in [0.1, 0.15) is 6.26 Å². The molecule has 0 amide bonds. The van der Waals surface area contributed by atoms with E-state index in [2.05, 4.69) is 4.98 Å². The molecule has 17 heavy (non-hydrogen) atoms. The van der Waals surface area contributed by atoms with Gasteiger partial charge >= 0.3 is 5.97 Å². The molecule has 2 rings (SSSR count). The van der Waals surface area contributed by atoms with Gasteiger partial charge in [0.15, 0.2) is 6.29 Å². The van der Waals surface area contributed by atoms with E-state index in [-0.39, 0.29) is 5.56 Å². The number of furan rings is 1. The molecular formula is C11H10N2O4. The molecule has 0 aromatic carbocycles. The van der Waals surface area contributed by atoms with Crippen LogP contribution in [-0.4, -0.2) is 17.2 Å². The molecule has 0 aliphatic rings. The van der Waals surface area contributed by atoms with Gasteiger partial charge in [0, 0.05) is 18.5 Å². The molecule has 6 heteroatoms. The summed E-state index contributed by atoms with van der Waals surface area (Å²) in [6.45, 7) is 1.17. The van der Waals surface area contributed by atoms with Crippen molar-refractivity contribution in [3.8, 4) is 0 Å². The number of rotatable bonds is 3. The highest BCUT2D eigenvalue weighted by molar-refractivity contribution is 5.84. The number of fused-ring (bicyclic) bond motifs is 1. The van der Waals surface area contributed by atoms with Crippen LogP contribution >= 0.6 is 0 Å². The second-order valence-electron chi connectivity index (χ2n) is 3.51. The number of carbonyl (C=O) groups is 2. The summed E-state index contributed by atoms with van der Waals surface area (Å²) >= 11 is 0. The van der Waals surface area contributed by atoms with Crippen molar-refractivity contribution < 1.29 is 18.7 Å². The highest BCUT2D eigenvalue weighted by atomic mass is 16.6. The number of ether oxygens (including phenoxy) is 1. The number of nitrogens with zero attached hydrogens (tertiary/aromatic N) is 1. The Morgan fingerprint density at radius 1 is 1.65 bits per heavy atom. The van der Waals surface area contributed by atoms with Crippen LogP contribution < -0.4 is 5.73 Å². The molecule has 2 heterocycles. The molecule has 2 N–H and O–H groups in total. The predicted octanol–water partition coefficient (Wildman–Crippen LogP) is 0.701. The minimum Gasteiger partial charge on any atom is -0.446 e. The third-order valence-electron chi connectivity index (χ3n) is 2.26. The van der Waals surface area contributed by atoms with E-state index < -0.39 is 11.7 Å². The zero-order valence-electron chi connectivity index (χ0n) is 9.04. The molecule has 0 radical (unpaired) electrons. The first-order valence-corrected chi connectivity index (χ1v) is 4.84. The zero-order valence-corrected chi connectivity index (χ0v) is 9.04. The lowest BCUT2D eigenvalue weighted by Gasteiger charge is -2.21. The number of nitrogens with two attached hydrogens (primary N) is 1. The SMILES string of the molecule is CC(=O)OC(N)(C=O)c1coc2ncccc12. The summed E-state index contributed by atoms with van der Waals surface area (Å²) in [6, 6.07) is 3.34. The van der Waals surface area contributed by atoms with Crippen molar-refractivity contribution in [2.24, 2.45) is 5.73 Å². The lowest BCUT2D eigenvalue weighted by atomic mass is 10.1. The second-order valence-corrected chi connectivity index (χ2v) is 3.51. The Morgan fingerprint density at radius 2 is 2.41 bits per heavy atom. The van der Waals surface area contributed by atoms with Crippen LogP contribution in [0.2, 0.25) is 0 Å². The average molecular weight is 234 g/mol. The van der Waals surface area contributed by atoms with Crippen molar-refractivity contribution >= 4 is 23.4 Å². The maximum atomic E-state index is 11.0. The second kappa shape index (κ2) is 3.99. The van der Waals surface area contributed by atoms with Gasteiger partial charge in [-0.25, -0.2) is 4.98 Å². The van der Waals surface area contributed by atoms with Gasteiger partial charge in [-0.15, -0.1) is 0 Å². The van der Waals surface area contributed by atoms with E-state index >= 15 is 0 Å². The summed E-state index contributed by atoms with van der Waals surface area (Å²) in [7, 11) is 0. The molecule has 0 spiro atoms. The quantitative estimate of drug-likeness (QED) is 0.477. The highest BCUT2D eigenvalue weighted by Crippen LogP contribution is 2.27. The summed E-state index contributed by atoms with van der Waals surface area (Å²) in [5.41, 5.74) is 4.48. The number of aromatic nitrogens is 1. The van der Waals surface area contributed by atoms with E-state index in [4.69, 9.17) is 14.9 Å². The standard InChI is InChI=1S/C11H10N2O4/c1-7(15)17-11(12,6-14)9-5-16-10-8(9)3-2-4-13-10/h2-6H,12H2,1H3. The summed E-state index contributed by atoms with van der Waals surface area (Å²) in [5.74, 6) is -0.655. The van der Waals surface area contributed by atoms with Crippen molar-refractivity contribution in [3.63, 3.8) is 0 Å². The van der Waals surface area contributed by atoms with Crippen molar-refractivity contribution in [1.82, 2.24) is 4.98 Å². The van der Waals surface area contributed by atoms with Gasteiger partial charge in [0.25, 0.3) is 0 Å². The Labute approximate surface area is 96.4 Å². The molecule has 0 saturated carbocycles. The van der Waals surface area contributed by atoms with E-state index in [0.717, 1.165) is 0 Å². The fourth-order valence-corrected chi connectivity index (χ4v) is 1.55. The maximum absolute atomic E-state index is 11.0. The third-order valence-corrected chi connectivity index (χ3v) is 2.26. The zero-order chi connectivity index (χ0) is 12.5. The van der Waals surface area contributed by atoms with Crippen molar-refractivity contribution in [2.75, 3.05) is 0 Å². The fourth-order valence-electron chi connectivity index (χ4n) is 1.55. The van der Waals surface area contributed by atoms with Crippen molar-refractivity contribution in [3.05, 3.63) is 30.2 Å². The topological polar surface area (TPSA) is 95.4 Å². The first-order chi connectivity index (χ1) is 8.07. The summed E-state index contributed by atoms with van der Waals surface area (Å²) in [6.07, 6.45) is 3.15. The van der Waals surface area contributed by atoms with Gasteiger partial charge in [-0.1, -0.05) is 0 Å². The van der Waals surface area contributed by atoms with Gasteiger partial charge in [-0.3, -0.25) is 15.3 Å². The van der Waals surface area contributed by atoms with E-state index in [1.54, 1.807) is 18.3 Å². The number of hydrogen-bond donors (Lipinski definition) is 1. The number of esters is 1. The summed E-state index contributed by atoms with van der Waals surface area (Å²) in [4.78, 5) is 25.9. The predicted molar refractivity (Wildman–Crippen MR) is 57.7 cm³/mol. The van der Waals surface area contributed by atoms with Crippen LogP contribution in [-0.2, 0) is 20.1 Å². The number of hydrogen-bond acceptors (Lipinski definition) is 6. The molecule has 0 saturated heterocycles. The fraction of sp³-hybridized carbons (Fsp3) is 0.182. The normalized spacial score (nSPS) is 14.2. The monoisotopic (exact) mass is 234 g/mol. The Morgan fingerprint density at radius 3 is 3.06 bits per heavy atom. The first kappa shape index (κ1) is 11.3. The first-order valence-electron chi connectivity index (χ1n) is 4.84. The van der Waals surface area contributed by atoms with Crippen LogP contribution in [0, 0.1) is 0 Å². The smallest absolute Gasteiger partial charge is 0.305 e. The Balaban J connectivity index is 2.57. The van der Waals surface area contributed by atoms with Gasteiger partial charge in [-0.2, -0.15) is 0 Å².